The summed E-state index contributed by atoms with van der Waals surface area (Å²) in [6, 6.07) is 10.6. The first-order valence-electron chi connectivity index (χ1n) is 39.4. The fourth-order valence-corrected chi connectivity index (χ4v) is 21.6. The maximum absolute atomic E-state index is 14.2. The third-order valence-corrected chi connectivity index (χ3v) is 26.8. The number of allylic oxidation sites excluding steroid dienone is 2. The van der Waals surface area contributed by atoms with Gasteiger partial charge in [-0.15, -0.1) is 0 Å². The molecular weight excluding hydrogens is 1230 g/mol. The lowest BCUT2D eigenvalue weighted by atomic mass is 9.47. The van der Waals surface area contributed by atoms with Crippen molar-refractivity contribution in [3.63, 3.8) is 0 Å². The van der Waals surface area contributed by atoms with Crippen LogP contribution in [-0.4, -0.2) is 130 Å². The zero-order chi connectivity index (χ0) is 68.9. The molecule has 2 aromatic carbocycles. The second kappa shape index (κ2) is 34.9. The highest BCUT2D eigenvalue weighted by molar-refractivity contribution is 5.91. The van der Waals surface area contributed by atoms with E-state index in [9.17, 15) is 9.59 Å². The van der Waals surface area contributed by atoms with Gasteiger partial charge in [0, 0.05) is 25.0 Å². The van der Waals surface area contributed by atoms with E-state index in [1.165, 1.54) is 101 Å². The van der Waals surface area contributed by atoms with Crippen LogP contribution in [0.5, 0.6) is 23.0 Å². The molecular formula is C84H128O14. The number of fused-ring (bicyclic) bond motifs is 14. The van der Waals surface area contributed by atoms with Crippen LogP contribution >= 0.6 is 0 Å². The van der Waals surface area contributed by atoms with E-state index in [1.807, 2.05) is 0 Å². The number of carbonyl (C=O) groups excluding carboxylic acids is 2. The van der Waals surface area contributed by atoms with Gasteiger partial charge in [-0.3, -0.25) is 0 Å². The highest BCUT2D eigenvalue weighted by atomic mass is 16.6. The van der Waals surface area contributed by atoms with Crippen molar-refractivity contribution < 1.29 is 66.4 Å². The Morgan fingerprint density at radius 3 is 1.05 bits per heavy atom. The molecule has 6 fully saturated rings. The Labute approximate surface area is 590 Å². The summed E-state index contributed by atoms with van der Waals surface area (Å²) < 4.78 is 72.8. The van der Waals surface area contributed by atoms with Gasteiger partial charge in [0.25, 0.3) is 0 Å². The second-order valence-electron chi connectivity index (χ2n) is 33.6. The highest BCUT2D eigenvalue weighted by Gasteiger charge is 2.61. The molecule has 0 saturated heterocycles. The van der Waals surface area contributed by atoms with Gasteiger partial charge in [0.1, 0.15) is 61.6 Å². The molecule has 0 aromatic heterocycles. The third kappa shape index (κ3) is 18.2. The molecule has 16 atom stereocenters. The fourth-order valence-electron chi connectivity index (χ4n) is 21.6. The Morgan fingerprint density at radius 2 is 0.724 bits per heavy atom. The van der Waals surface area contributed by atoms with E-state index < -0.39 is 0 Å². The van der Waals surface area contributed by atoms with Crippen molar-refractivity contribution in [1.29, 1.82) is 0 Å². The van der Waals surface area contributed by atoms with Gasteiger partial charge >= 0.3 is 11.9 Å². The Hall–Kier alpha value is -4.18. The molecule has 1 aliphatic heterocycles. The van der Waals surface area contributed by atoms with Gasteiger partial charge in [0.2, 0.25) is 0 Å². The minimum atomic E-state index is -0.368. The normalized spacial score (nSPS) is 34.7. The minimum absolute atomic E-state index is 0.161. The molecule has 8 aliphatic carbocycles. The van der Waals surface area contributed by atoms with Crippen LogP contribution in [0.25, 0.3) is 0 Å². The van der Waals surface area contributed by atoms with Crippen molar-refractivity contribution in [2.45, 2.75) is 223 Å². The van der Waals surface area contributed by atoms with Gasteiger partial charge in [0.05, 0.1) is 90.4 Å². The average molecular weight is 1360 g/mol. The Morgan fingerprint density at radius 1 is 0.398 bits per heavy atom. The van der Waals surface area contributed by atoms with Crippen LogP contribution in [0.15, 0.2) is 59.7 Å². The molecule has 0 amide bonds. The van der Waals surface area contributed by atoms with Crippen molar-refractivity contribution in [3.8, 4) is 23.0 Å². The molecule has 0 N–H and O–H groups in total. The maximum atomic E-state index is 14.2. The summed E-state index contributed by atoms with van der Waals surface area (Å²) in [7, 11) is 0. The first kappa shape index (κ1) is 75.0. The Balaban J connectivity index is 0.629. The SMILES string of the molecule is CC(C)CCC[C@@H](C)[C@H]1CC[C@H]2[C@@H]3CC=C4CC(OC(=O)c5cc6cc(c5)OCCOCCOCCOCCOc5cc(cc(C(=O)OC7CC[C@@]8(C)C(=CC[C@H]9[C@@H]%10CC[C@H]([C@H](C)CCCC(C)C)[C@@]%10(C)CC[C@@H]98)C7)c5)OCCOCCOCCOCCO6)CC[C@]4(C)[C@H]3CC[C@]12C. The largest absolute Gasteiger partial charge is 0.491 e. The summed E-state index contributed by atoms with van der Waals surface area (Å²) in [4.78, 5) is 28.3. The van der Waals surface area contributed by atoms with Gasteiger partial charge in [-0.25, -0.2) is 9.59 Å². The molecule has 4 bridgehead atoms. The molecule has 14 nitrogen and oxygen atoms in total. The van der Waals surface area contributed by atoms with Gasteiger partial charge < -0.3 is 56.8 Å². The molecule has 6 saturated carbocycles. The van der Waals surface area contributed by atoms with Gasteiger partial charge in [-0.05, 0) is 207 Å². The quantitative estimate of drug-likeness (QED) is 0.131. The van der Waals surface area contributed by atoms with E-state index in [0.717, 1.165) is 111 Å². The molecule has 14 heteroatoms. The van der Waals surface area contributed by atoms with Crippen molar-refractivity contribution in [1.82, 2.24) is 0 Å². The summed E-state index contributed by atoms with van der Waals surface area (Å²) in [5.41, 5.74) is 5.03. The summed E-state index contributed by atoms with van der Waals surface area (Å²) in [6.45, 7) is 30.4. The van der Waals surface area contributed by atoms with Crippen molar-refractivity contribution >= 4 is 11.9 Å². The number of esters is 2. The molecule has 0 spiro atoms. The van der Waals surface area contributed by atoms with Crippen molar-refractivity contribution in [2.75, 3.05) is 106 Å². The third-order valence-electron chi connectivity index (χ3n) is 26.8. The lowest BCUT2D eigenvalue weighted by Gasteiger charge is -2.58. The Kier molecular flexibility index (Phi) is 26.7. The molecule has 1 heterocycles. The smallest absolute Gasteiger partial charge is 0.338 e. The molecule has 9 aliphatic rings. The number of ether oxygens (including phenoxy) is 12. The molecule has 2 unspecified atom stereocenters. The number of hydrogen-bond donors (Lipinski definition) is 0. The van der Waals surface area contributed by atoms with Crippen LogP contribution < -0.4 is 18.9 Å². The van der Waals surface area contributed by atoms with Crippen LogP contribution in [0.3, 0.4) is 0 Å². The van der Waals surface area contributed by atoms with Gasteiger partial charge in [-0.1, -0.05) is 131 Å². The summed E-state index contributed by atoms with van der Waals surface area (Å²) >= 11 is 0. The van der Waals surface area contributed by atoms with Crippen molar-refractivity contribution in [3.05, 3.63) is 70.8 Å². The van der Waals surface area contributed by atoms with E-state index in [-0.39, 0.29) is 61.4 Å². The van der Waals surface area contributed by atoms with E-state index in [1.54, 1.807) is 36.4 Å². The lowest BCUT2D eigenvalue weighted by Crippen LogP contribution is -2.51. The predicted molar refractivity (Wildman–Crippen MR) is 384 cm³/mol. The summed E-state index contributed by atoms with van der Waals surface area (Å²) in [6.07, 6.45) is 31.6. The number of carbonyl (C=O) groups is 2. The first-order chi connectivity index (χ1) is 47.3. The van der Waals surface area contributed by atoms with Gasteiger partial charge in [-0.2, -0.15) is 0 Å². The summed E-state index contributed by atoms with van der Waals surface area (Å²) in [5, 5.41) is 0. The molecule has 98 heavy (non-hydrogen) atoms. The van der Waals surface area contributed by atoms with E-state index >= 15 is 0 Å². The molecule has 2 aromatic rings. The van der Waals surface area contributed by atoms with Crippen LogP contribution in [0.1, 0.15) is 231 Å². The monoisotopic (exact) mass is 1360 g/mol. The molecule has 0 radical (unpaired) electrons. The van der Waals surface area contributed by atoms with Crippen LogP contribution in [-0.2, 0) is 37.9 Å². The summed E-state index contributed by atoms with van der Waals surface area (Å²) in [5.74, 6) is 10.6. The number of hydrogen-bond acceptors (Lipinski definition) is 14. The lowest BCUT2D eigenvalue weighted by molar-refractivity contribution is -0.0594. The van der Waals surface area contributed by atoms with Crippen LogP contribution in [0.4, 0.5) is 0 Å². The van der Waals surface area contributed by atoms with Crippen LogP contribution in [0.2, 0.25) is 0 Å². The van der Waals surface area contributed by atoms with Gasteiger partial charge in [0.15, 0.2) is 0 Å². The second-order valence-corrected chi connectivity index (χ2v) is 33.6. The number of benzene rings is 2. The minimum Gasteiger partial charge on any atom is -0.491 e. The van der Waals surface area contributed by atoms with E-state index in [4.69, 9.17) is 56.8 Å². The zero-order valence-electron chi connectivity index (χ0n) is 62.3. The molecule has 11 rings (SSSR count). The van der Waals surface area contributed by atoms with Crippen molar-refractivity contribution in [2.24, 2.45) is 92.7 Å². The standard InChI is InChI=1S/C84H128O14/c1-57(2)13-11-15-59(5)73-21-23-75-71-19-17-63-53-65(25-29-81(63,7)77(71)27-31-83(73,75)9)97-79(85)61-49-67-55-68(50-61)94-46-42-90-38-34-88-36-40-92-44-48-96-70-52-62(51-69(56-70)95-47-43-91-39-35-87-33-37-89-41-45-93-67)80(86)98-66-26-30-82(8)64(54-66)18-20-72-76-24-22-74(60(6)16-12-14-58(3)4)84(76,10)32-28-78(72)82/h17-18,49-52,55-60,65-66,71-78H,11-16,19-48,53-54H2,1-10H3/t59-,60-,65?,66?,71+,72+,73-,74-,75+,76+,77+,78+,81+,82+,83-,84-/m1/s1. The fraction of sp³-hybridized carbons (Fsp3) is 0.786. The number of rotatable bonds is 14. The van der Waals surface area contributed by atoms with E-state index in [0.29, 0.717) is 136 Å². The van der Waals surface area contributed by atoms with Crippen LogP contribution in [0, 0.1) is 92.7 Å². The molecule has 548 valence electrons. The first-order valence-corrected chi connectivity index (χ1v) is 39.4. The predicted octanol–water partition coefficient (Wildman–Crippen LogP) is 18.1. The average Bonchev–Trinajstić information content (AvgIpc) is 1.30. The zero-order valence-corrected chi connectivity index (χ0v) is 62.3. The maximum Gasteiger partial charge on any atom is 0.338 e. The highest BCUT2D eigenvalue weighted by Crippen LogP contribution is 2.69. The van der Waals surface area contributed by atoms with E-state index in [2.05, 4.69) is 81.4 Å². The Bertz CT molecular complexity index is 2680. The topological polar surface area (TPSA) is 145 Å².